The number of nitrogens with zero attached hydrogens (tertiary/aromatic N) is 2. The maximum Gasteiger partial charge on any atom is 0.269 e. The second kappa shape index (κ2) is 7.01. The van der Waals surface area contributed by atoms with E-state index in [0.717, 1.165) is 37.9 Å². The minimum Gasteiger partial charge on any atom is -0.302 e. The molecule has 0 saturated heterocycles. The molecule has 4 nitrogen and oxygen atoms in total. The zero-order valence-corrected chi connectivity index (χ0v) is 11.8. The number of non-ortho nitro benzene ring substituents is 1. The largest absolute Gasteiger partial charge is 0.302 e. The van der Waals surface area contributed by atoms with Crippen molar-refractivity contribution in [3.63, 3.8) is 0 Å². The molecular weight excluding hydrogens is 252 g/mol. The van der Waals surface area contributed by atoms with E-state index in [1.165, 1.54) is 5.57 Å². The van der Waals surface area contributed by atoms with Gasteiger partial charge < -0.3 is 4.90 Å². The molecule has 1 aromatic rings. The summed E-state index contributed by atoms with van der Waals surface area (Å²) in [6.45, 7) is 1.91. The molecule has 1 aliphatic rings. The van der Waals surface area contributed by atoms with Gasteiger partial charge in [0.05, 0.1) is 4.92 Å². The number of rotatable bonds is 6. The second-order valence-electron chi connectivity index (χ2n) is 5.17. The van der Waals surface area contributed by atoms with Crippen LogP contribution in [0.5, 0.6) is 0 Å². The van der Waals surface area contributed by atoms with Gasteiger partial charge in [0.15, 0.2) is 0 Å². The Bertz CT molecular complexity index is 518. The van der Waals surface area contributed by atoms with Gasteiger partial charge in [0.1, 0.15) is 0 Å². The molecule has 0 amide bonds. The predicted molar refractivity (Wildman–Crippen MR) is 80.8 cm³/mol. The number of likely N-dealkylation sites (N-methyl/N-ethyl adjacent to an activating group) is 1. The number of allylic oxidation sites excluding steroid dienone is 2. The average molecular weight is 272 g/mol. The summed E-state index contributed by atoms with van der Waals surface area (Å²) in [5, 5.41) is 10.6. The third-order valence-corrected chi connectivity index (χ3v) is 3.45. The lowest BCUT2D eigenvalue weighted by atomic mass is 10.1. The highest BCUT2D eigenvalue weighted by Crippen LogP contribution is 2.13. The molecule has 0 radical (unpaired) electrons. The Kier molecular flexibility index (Phi) is 5.07. The molecule has 1 aliphatic carbocycles. The van der Waals surface area contributed by atoms with Crippen LogP contribution in [0.15, 0.2) is 48.1 Å². The number of nitro benzene ring substituents is 1. The van der Waals surface area contributed by atoms with E-state index < -0.39 is 0 Å². The lowest BCUT2D eigenvalue weighted by Gasteiger charge is -2.18. The Morgan fingerprint density at radius 1 is 1.25 bits per heavy atom. The van der Waals surface area contributed by atoms with E-state index in [1.807, 2.05) is 12.1 Å². The van der Waals surface area contributed by atoms with Crippen molar-refractivity contribution in [3.05, 3.63) is 63.7 Å². The van der Waals surface area contributed by atoms with Crippen LogP contribution < -0.4 is 0 Å². The molecule has 0 fully saturated rings. The van der Waals surface area contributed by atoms with E-state index in [9.17, 15) is 10.1 Å². The van der Waals surface area contributed by atoms with Gasteiger partial charge in [-0.05, 0) is 37.4 Å². The minimum atomic E-state index is -0.363. The summed E-state index contributed by atoms with van der Waals surface area (Å²) in [7, 11) is 2.11. The third kappa shape index (κ3) is 4.31. The standard InChI is InChI=1S/C16H20N2O2/c1-17(13-15-5-3-2-4-6-15)12-11-14-7-9-16(10-8-14)18(19)20/h3,5-10H,2,4,11-13H2,1H3. The van der Waals surface area contributed by atoms with Crippen molar-refractivity contribution < 1.29 is 4.92 Å². The number of nitro groups is 1. The van der Waals surface area contributed by atoms with Crippen molar-refractivity contribution in [2.75, 3.05) is 20.1 Å². The SMILES string of the molecule is CN(CCc1ccc([N+](=O)[O-])cc1)CC1=CCCC=C1. The molecule has 0 atom stereocenters. The zero-order valence-electron chi connectivity index (χ0n) is 11.8. The Morgan fingerprint density at radius 3 is 2.60 bits per heavy atom. The number of benzene rings is 1. The van der Waals surface area contributed by atoms with Crippen LogP contribution in [-0.2, 0) is 6.42 Å². The van der Waals surface area contributed by atoms with Gasteiger partial charge >= 0.3 is 0 Å². The van der Waals surface area contributed by atoms with Crippen LogP contribution in [-0.4, -0.2) is 30.0 Å². The summed E-state index contributed by atoms with van der Waals surface area (Å²) in [5.41, 5.74) is 2.66. The first-order chi connectivity index (χ1) is 9.65. The van der Waals surface area contributed by atoms with Crippen LogP contribution in [0.25, 0.3) is 0 Å². The van der Waals surface area contributed by atoms with Gasteiger partial charge in [-0.25, -0.2) is 0 Å². The van der Waals surface area contributed by atoms with Crippen molar-refractivity contribution in [3.8, 4) is 0 Å². The molecule has 0 saturated carbocycles. The van der Waals surface area contributed by atoms with Gasteiger partial charge in [0.25, 0.3) is 5.69 Å². The fourth-order valence-corrected chi connectivity index (χ4v) is 2.28. The summed E-state index contributed by atoms with van der Waals surface area (Å²) >= 11 is 0. The Labute approximate surface area is 119 Å². The van der Waals surface area contributed by atoms with E-state index in [-0.39, 0.29) is 10.6 Å². The van der Waals surface area contributed by atoms with Crippen LogP contribution in [0.2, 0.25) is 0 Å². The normalized spacial score (nSPS) is 14.4. The van der Waals surface area contributed by atoms with Crippen molar-refractivity contribution in [2.45, 2.75) is 19.3 Å². The van der Waals surface area contributed by atoms with E-state index in [2.05, 4.69) is 30.2 Å². The smallest absolute Gasteiger partial charge is 0.269 e. The zero-order chi connectivity index (χ0) is 14.4. The van der Waals surface area contributed by atoms with Gasteiger partial charge in [-0.2, -0.15) is 0 Å². The highest BCUT2D eigenvalue weighted by Gasteiger charge is 2.06. The fraction of sp³-hybridized carbons (Fsp3) is 0.375. The number of hydrogen-bond acceptors (Lipinski definition) is 3. The van der Waals surface area contributed by atoms with Gasteiger partial charge in [0.2, 0.25) is 0 Å². The second-order valence-corrected chi connectivity index (χ2v) is 5.17. The van der Waals surface area contributed by atoms with Crippen LogP contribution in [0.4, 0.5) is 5.69 Å². The molecule has 0 N–H and O–H groups in total. The van der Waals surface area contributed by atoms with Gasteiger partial charge in [-0.15, -0.1) is 0 Å². The van der Waals surface area contributed by atoms with Crippen LogP contribution in [0.3, 0.4) is 0 Å². The molecule has 0 unspecified atom stereocenters. The fourth-order valence-electron chi connectivity index (χ4n) is 2.28. The first-order valence-corrected chi connectivity index (χ1v) is 6.92. The molecule has 106 valence electrons. The highest BCUT2D eigenvalue weighted by atomic mass is 16.6. The van der Waals surface area contributed by atoms with Gasteiger partial charge in [-0.1, -0.05) is 30.4 Å². The summed E-state index contributed by atoms with van der Waals surface area (Å²) in [4.78, 5) is 12.5. The van der Waals surface area contributed by atoms with Crippen LogP contribution in [0.1, 0.15) is 18.4 Å². The third-order valence-electron chi connectivity index (χ3n) is 3.45. The molecule has 0 spiro atoms. The van der Waals surface area contributed by atoms with Crippen LogP contribution >= 0.6 is 0 Å². The molecular formula is C16H20N2O2. The Hall–Kier alpha value is -1.94. The van der Waals surface area contributed by atoms with Crippen molar-refractivity contribution >= 4 is 5.69 Å². The van der Waals surface area contributed by atoms with Gasteiger partial charge in [0, 0.05) is 25.2 Å². The molecule has 1 aromatic carbocycles. The molecule has 4 heteroatoms. The monoisotopic (exact) mass is 272 g/mol. The molecule has 0 heterocycles. The van der Waals surface area contributed by atoms with Gasteiger partial charge in [-0.3, -0.25) is 10.1 Å². The van der Waals surface area contributed by atoms with E-state index in [1.54, 1.807) is 12.1 Å². The minimum absolute atomic E-state index is 0.152. The van der Waals surface area contributed by atoms with Crippen molar-refractivity contribution in [1.29, 1.82) is 0 Å². The summed E-state index contributed by atoms with van der Waals surface area (Å²) < 4.78 is 0. The van der Waals surface area contributed by atoms with E-state index >= 15 is 0 Å². The van der Waals surface area contributed by atoms with Crippen LogP contribution in [0, 0.1) is 10.1 Å². The maximum atomic E-state index is 10.6. The molecule has 20 heavy (non-hydrogen) atoms. The number of hydrogen-bond donors (Lipinski definition) is 0. The van der Waals surface area contributed by atoms with Crippen molar-refractivity contribution in [1.82, 2.24) is 4.90 Å². The lowest BCUT2D eigenvalue weighted by molar-refractivity contribution is -0.384. The summed E-state index contributed by atoms with van der Waals surface area (Å²) in [6, 6.07) is 6.82. The van der Waals surface area contributed by atoms with E-state index in [0.29, 0.717) is 0 Å². The first kappa shape index (κ1) is 14.5. The summed E-state index contributed by atoms with van der Waals surface area (Å²) in [5.74, 6) is 0. The highest BCUT2D eigenvalue weighted by molar-refractivity contribution is 5.33. The maximum absolute atomic E-state index is 10.6. The summed E-state index contributed by atoms with van der Waals surface area (Å²) in [6.07, 6.45) is 9.91. The molecule has 0 aliphatic heterocycles. The lowest BCUT2D eigenvalue weighted by Crippen LogP contribution is -2.23. The quantitative estimate of drug-likeness (QED) is 0.589. The molecule has 0 bridgehead atoms. The topological polar surface area (TPSA) is 46.4 Å². The first-order valence-electron chi connectivity index (χ1n) is 6.92. The Balaban J connectivity index is 1.80. The predicted octanol–water partition coefficient (Wildman–Crippen LogP) is 3.35. The van der Waals surface area contributed by atoms with Crippen molar-refractivity contribution in [2.24, 2.45) is 0 Å². The Morgan fingerprint density at radius 2 is 2.00 bits per heavy atom. The van der Waals surface area contributed by atoms with E-state index in [4.69, 9.17) is 0 Å². The molecule has 2 rings (SSSR count). The average Bonchev–Trinajstić information content (AvgIpc) is 2.46. The molecule has 0 aromatic heterocycles.